The quantitative estimate of drug-likeness (QED) is 0.407. The van der Waals surface area contributed by atoms with E-state index in [-0.39, 0.29) is 11.7 Å². The van der Waals surface area contributed by atoms with Crippen LogP contribution in [0.3, 0.4) is 0 Å². The molecule has 0 aliphatic carbocycles. The SMILES string of the molecule is CCOC(=O)CSc1nc(-c2cccnc2)nc2ccccc12. The van der Waals surface area contributed by atoms with Gasteiger partial charge in [-0.15, -0.1) is 0 Å². The van der Waals surface area contributed by atoms with E-state index in [0.717, 1.165) is 21.5 Å². The third kappa shape index (κ3) is 3.65. The van der Waals surface area contributed by atoms with E-state index in [2.05, 4.69) is 15.0 Å². The van der Waals surface area contributed by atoms with Crippen molar-refractivity contribution < 1.29 is 9.53 Å². The van der Waals surface area contributed by atoms with Gasteiger partial charge in [0.1, 0.15) is 5.03 Å². The second kappa shape index (κ2) is 7.19. The molecule has 3 rings (SSSR count). The third-order valence-electron chi connectivity index (χ3n) is 3.12. The lowest BCUT2D eigenvalue weighted by molar-refractivity contribution is -0.139. The zero-order valence-electron chi connectivity index (χ0n) is 12.6. The van der Waals surface area contributed by atoms with E-state index >= 15 is 0 Å². The number of para-hydroxylation sites is 1. The van der Waals surface area contributed by atoms with E-state index in [1.807, 2.05) is 36.4 Å². The average Bonchev–Trinajstić information content (AvgIpc) is 2.60. The number of nitrogens with zero attached hydrogens (tertiary/aromatic N) is 3. The average molecular weight is 325 g/mol. The fraction of sp³-hybridized carbons (Fsp3) is 0.176. The van der Waals surface area contributed by atoms with Gasteiger partial charge in [-0.1, -0.05) is 30.0 Å². The Labute approximate surface area is 138 Å². The van der Waals surface area contributed by atoms with Crippen LogP contribution in [0.5, 0.6) is 0 Å². The van der Waals surface area contributed by atoms with E-state index in [4.69, 9.17) is 4.74 Å². The van der Waals surface area contributed by atoms with Crippen molar-refractivity contribution in [2.75, 3.05) is 12.4 Å². The number of rotatable bonds is 5. The summed E-state index contributed by atoms with van der Waals surface area (Å²) in [6.45, 7) is 2.17. The minimum atomic E-state index is -0.247. The summed E-state index contributed by atoms with van der Waals surface area (Å²) in [5, 5.41) is 1.69. The van der Waals surface area contributed by atoms with Gasteiger partial charge >= 0.3 is 5.97 Å². The molecule has 0 atom stereocenters. The van der Waals surface area contributed by atoms with Gasteiger partial charge in [0, 0.05) is 23.3 Å². The Hall–Kier alpha value is -2.47. The van der Waals surface area contributed by atoms with E-state index in [1.165, 1.54) is 11.8 Å². The number of carbonyl (C=O) groups is 1. The summed E-state index contributed by atoms with van der Waals surface area (Å²) < 4.78 is 4.98. The van der Waals surface area contributed by atoms with Gasteiger partial charge in [-0.2, -0.15) is 0 Å². The Morgan fingerprint density at radius 1 is 1.17 bits per heavy atom. The molecule has 0 radical (unpaired) electrons. The Kier molecular flexibility index (Phi) is 4.83. The predicted octanol–water partition coefficient (Wildman–Crippen LogP) is 3.35. The summed E-state index contributed by atoms with van der Waals surface area (Å²) in [6, 6.07) is 11.5. The largest absolute Gasteiger partial charge is 0.465 e. The molecule has 3 aromatic rings. The topological polar surface area (TPSA) is 65.0 Å². The molecule has 2 heterocycles. The highest BCUT2D eigenvalue weighted by molar-refractivity contribution is 8.00. The number of aromatic nitrogens is 3. The van der Waals surface area contributed by atoms with Crippen LogP contribution in [0.15, 0.2) is 53.8 Å². The lowest BCUT2D eigenvalue weighted by Crippen LogP contribution is -2.07. The number of esters is 1. The fourth-order valence-corrected chi connectivity index (χ4v) is 2.93. The molecule has 2 aromatic heterocycles. The van der Waals surface area contributed by atoms with Gasteiger partial charge in [-0.05, 0) is 25.1 Å². The zero-order valence-corrected chi connectivity index (χ0v) is 13.4. The molecule has 0 saturated carbocycles. The van der Waals surface area contributed by atoms with Crippen LogP contribution in [0.2, 0.25) is 0 Å². The molecule has 6 heteroatoms. The minimum absolute atomic E-state index is 0.224. The van der Waals surface area contributed by atoms with Gasteiger partial charge < -0.3 is 4.74 Å². The highest BCUT2D eigenvalue weighted by Gasteiger charge is 2.12. The molecular formula is C17H15N3O2S. The van der Waals surface area contributed by atoms with Crippen molar-refractivity contribution >= 4 is 28.6 Å². The highest BCUT2D eigenvalue weighted by Crippen LogP contribution is 2.28. The van der Waals surface area contributed by atoms with E-state index < -0.39 is 0 Å². The summed E-state index contributed by atoms with van der Waals surface area (Å²) in [5.41, 5.74) is 1.68. The maximum Gasteiger partial charge on any atom is 0.316 e. The monoisotopic (exact) mass is 325 g/mol. The molecular weight excluding hydrogens is 310 g/mol. The molecule has 116 valence electrons. The van der Waals surface area contributed by atoms with Gasteiger partial charge in [0.15, 0.2) is 5.82 Å². The molecule has 0 aliphatic rings. The standard InChI is InChI=1S/C17H15N3O2S/c1-2-22-15(21)11-23-17-13-7-3-4-8-14(13)19-16(20-17)12-6-5-9-18-10-12/h3-10H,2,11H2,1H3. The van der Waals surface area contributed by atoms with Crippen LogP contribution in [-0.4, -0.2) is 33.3 Å². The first-order valence-corrected chi connectivity index (χ1v) is 8.22. The summed E-state index contributed by atoms with van der Waals surface area (Å²) >= 11 is 1.36. The minimum Gasteiger partial charge on any atom is -0.465 e. The lowest BCUT2D eigenvalue weighted by atomic mass is 10.2. The number of ether oxygens (including phenoxy) is 1. The first-order chi connectivity index (χ1) is 11.3. The molecule has 0 amide bonds. The highest BCUT2D eigenvalue weighted by atomic mass is 32.2. The van der Waals surface area contributed by atoms with Crippen molar-refractivity contribution in [2.45, 2.75) is 11.9 Å². The van der Waals surface area contributed by atoms with Gasteiger partial charge in [-0.25, -0.2) is 9.97 Å². The van der Waals surface area contributed by atoms with Gasteiger partial charge in [0.05, 0.1) is 17.9 Å². The summed E-state index contributed by atoms with van der Waals surface area (Å²) in [4.78, 5) is 24.9. The van der Waals surface area contributed by atoms with Crippen molar-refractivity contribution in [3.05, 3.63) is 48.8 Å². The van der Waals surface area contributed by atoms with Crippen molar-refractivity contribution in [3.63, 3.8) is 0 Å². The summed E-state index contributed by atoms with van der Waals surface area (Å²) in [5.74, 6) is 0.577. The van der Waals surface area contributed by atoms with Crippen LogP contribution < -0.4 is 0 Å². The number of thioether (sulfide) groups is 1. The maximum atomic E-state index is 11.6. The molecule has 0 saturated heterocycles. The molecule has 23 heavy (non-hydrogen) atoms. The molecule has 0 fully saturated rings. The third-order valence-corrected chi connectivity index (χ3v) is 4.08. The molecule has 0 aliphatic heterocycles. The van der Waals surface area contributed by atoms with Gasteiger partial charge in [0.2, 0.25) is 0 Å². The first-order valence-electron chi connectivity index (χ1n) is 7.23. The molecule has 0 unspecified atom stereocenters. The van der Waals surface area contributed by atoms with Crippen molar-refractivity contribution in [3.8, 4) is 11.4 Å². The molecule has 0 N–H and O–H groups in total. The Balaban J connectivity index is 1.99. The van der Waals surface area contributed by atoms with Crippen LogP contribution in [-0.2, 0) is 9.53 Å². The predicted molar refractivity (Wildman–Crippen MR) is 90.1 cm³/mol. The number of benzene rings is 1. The lowest BCUT2D eigenvalue weighted by Gasteiger charge is -2.08. The second-order valence-corrected chi connectivity index (χ2v) is 5.67. The van der Waals surface area contributed by atoms with Crippen LogP contribution in [0.4, 0.5) is 0 Å². The smallest absolute Gasteiger partial charge is 0.316 e. The molecule has 0 bridgehead atoms. The van der Waals surface area contributed by atoms with Crippen LogP contribution in [0.25, 0.3) is 22.3 Å². The van der Waals surface area contributed by atoms with Crippen LogP contribution in [0.1, 0.15) is 6.92 Å². The number of pyridine rings is 1. The second-order valence-electron chi connectivity index (χ2n) is 4.70. The normalized spacial score (nSPS) is 10.7. The van der Waals surface area contributed by atoms with Crippen LogP contribution >= 0.6 is 11.8 Å². The van der Waals surface area contributed by atoms with Gasteiger partial charge in [0.25, 0.3) is 0 Å². The molecule has 1 aromatic carbocycles. The van der Waals surface area contributed by atoms with Crippen molar-refractivity contribution in [1.82, 2.24) is 15.0 Å². The maximum absolute atomic E-state index is 11.6. The number of hydrogen-bond donors (Lipinski definition) is 0. The fourth-order valence-electron chi connectivity index (χ4n) is 2.11. The summed E-state index contributed by atoms with van der Waals surface area (Å²) in [6.07, 6.45) is 3.44. The number of carbonyl (C=O) groups excluding carboxylic acids is 1. The van der Waals surface area contributed by atoms with E-state index in [0.29, 0.717) is 12.4 Å². The Morgan fingerprint density at radius 3 is 2.83 bits per heavy atom. The van der Waals surface area contributed by atoms with E-state index in [1.54, 1.807) is 19.3 Å². The first kappa shape index (κ1) is 15.4. The number of fused-ring (bicyclic) bond motifs is 1. The Bertz CT molecular complexity index is 824. The van der Waals surface area contributed by atoms with Crippen LogP contribution in [0, 0.1) is 0 Å². The molecule has 5 nitrogen and oxygen atoms in total. The zero-order chi connectivity index (χ0) is 16.1. The van der Waals surface area contributed by atoms with Crippen molar-refractivity contribution in [2.24, 2.45) is 0 Å². The Morgan fingerprint density at radius 2 is 2.04 bits per heavy atom. The van der Waals surface area contributed by atoms with Gasteiger partial charge in [-0.3, -0.25) is 9.78 Å². The molecule has 0 spiro atoms. The summed E-state index contributed by atoms with van der Waals surface area (Å²) in [7, 11) is 0. The van der Waals surface area contributed by atoms with Crippen molar-refractivity contribution in [1.29, 1.82) is 0 Å². The van der Waals surface area contributed by atoms with E-state index in [9.17, 15) is 4.79 Å². The number of hydrogen-bond acceptors (Lipinski definition) is 6.